The van der Waals surface area contributed by atoms with Gasteiger partial charge in [0.05, 0.1) is 36.2 Å². The lowest BCUT2D eigenvalue weighted by Gasteiger charge is -2.43. The zero-order valence-corrected chi connectivity index (χ0v) is 10.4. The van der Waals surface area contributed by atoms with Crippen molar-refractivity contribution in [2.45, 2.75) is 37.8 Å². The van der Waals surface area contributed by atoms with Crippen molar-refractivity contribution >= 4 is 17.5 Å². The fraction of sp³-hybridized carbons (Fsp3) is 0.667. The zero-order chi connectivity index (χ0) is 11.7. The number of fused-ring (bicyclic) bond motifs is 1. The Morgan fingerprint density at radius 1 is 1.24 bits per heavy atom. The summed E-state index contributed by atoms with van der Waals surface area (Å²) in [6.07, 6.45) is 8.57. The van der Waals surface area contributed by atoms with Gasteiger partial charge in [-0.3, -0.25) is 0 Å². The summed E-state index contributed by atoms with van der Waals surface area (Å²) in [4.78, 5) is 10.9. The number of hydrogen-bond acceptors (Lipinski definition) is 4. The smallest absolute Gasteiger partial charge is 0.225 e. The van der Waals surface area contributed by atoms with Gasteiger partial charge in [0.15, 0.2) is 0 Å². The highest BCUT2D eigenvalue weighted by atomic mass is 35.5. The maximum Gasteiger partial charge on any atom is 0.225 e. The van der Waals surface area contributed by atoms with E-state index in [4.69, 9.17) is 16.3 Å². The van der Waals surface area contributed by atoms with Crippen molar-refractivity contribution in [3.8, 4) is 0 Å². The Bertz CT molecular complexity index is 382. The van der Waals surface area contributed by atoms with E-state index in [0.29, 0.717) is 17.2 Å². The molecule has 92 valence electrons. The van der Waals surface area contributed by atoms with Gasteiger partial charge in [0.2, 0.25) is 5.95 Å². The van der Waals surface area contributed by atoms with Crippen LogP contribution < -0.4 is 4.90 Å². The molecule has 0 N–H and O–H groups in total. The third-order valence-electron chi connectivity index (χ3n) is 3.60. The zero-order valence-electron chi connectivity index (χ0n) is 9.68. The van der Waals surface area contributed by atoms with Crippen LogP contribution in [0.2, 0.25) is 5.02 Å². The van der Waals surface area contributed by atoms with Crippen LogP contribution in [0.25, 0.3) is 0 Å². The minimum absolute atomic E-state index is 0.358. The van der Waals surface area contributed by atoms with Gasteiger partial charge in [-0.05, 0) is 12.8 Å². The summed E-state index contributed by atoms with van der Waals surface area (Å²) in [5.74, 6) is 0.787. The Balaban J connectivity index is 1.83. The largest absolute Gasteiger partial charge is 0.374 e. The molecule has 1 aliphatic heterocycles. The van der Waals surface area contributed by atoms with Crippen LogP contribution in [0.4, 0.5) is 5.95 Å². The van der Waals surface area contributed by atoms with E-state index in [0.717, 1.165) is 25.5 Å². The topological polar surface area (TPSA) is 38.2 Å². The standard InChI is InChI=1S/C12H16ClN3O/c13-9-7-14-12(15-8-9)16-5-6-17-11-4-2-1-3-10(11)16/h7-8,10-11H,1-6H2/t10-,11+/m1/s1. The highest BCUT2D eigenvalue weighted by molar-refractivity contribution is 6.30. The van der Waals surface area contributed by atoms with Gasteiger partial charge in [-0.2, -0.15) is 0 Å². The fourth-order valence-electron chi connectivity index (χ4n) is 2.80. The van der Waals surface area contributed by atoms with E-state index in [9.17, 15) is 0 Å². The van der Waals surface area contributed by atoms with Crippen LogP contribution in [0.3, 0.4) is 0 Å². The Labute approximate surface area is 106 Å². The molecule has 4 nitrogen and oxygen atoms in total. The second-order valence-corrected chi connectivity index (χ2v) is 5.09. The molecule has 2 fully saturated rings. The van der Waals surface area contributed by atoms with E-state index in [1.165, 1.54) is 19.3 Å². The van der Waals surface area contributed by atoms with Gasteiger partial charge < -0.3 is 9.64 Å². The molecule has 5 heteroatoms. The predicted molar refractivity (Wildman–Crippen MR) is 66.4 cm³/mol. The number of morpholine rings is 1. The van der Waals surface area contributed by atoms with Gasteiger partial charge in [-0.25, -0.2) is 9.97 Å². The van der Waals surface area contributed by atoms with Gasteiger partial charge in [0.25, 0.3) is 0 Å². The van der Waals surface area contributed by atoms with Crippen molar-refractivity contribution in [1.29, 1.82) is 0 Å². The Hall–Kier alpha value is -0.870. The van der Waals surface area contributed by atoms with Crippen LogP contribution in [0.5, 0.6) is 0 Å². The molecule has 1 aromatic heterocycles. The average Bonchev–Trinajstić information content (AvgIpc) is 2.39. The summed E-state index contributed by atoms with van der Waals surface area (Å²) >= 11 is 5.82. The van der Waals surface area contributed by atoms with E-state index < -0.39 is 0 Å². The van der Waals surface area contributed by atoms with Crippen molar-refractivity contribution in [2.24, 2.45) is 0 Å². The number of rotatable bonds is 1. The molecule has 2 aliphatic rings. The molecule has 0 amide bonds. The number of ether oxygens (including phenoxy) is 1. The van der Waals surface area contributed by atoms with Crippen LogP contribution in [0.1, 0.15) is 25.7 Å². The molecule has 0 unspecified atom stereocenters. The van der Waals surface area contributed by atoms with Crippen molar-refractivity contribution in [3.05, 3.63) is 17.4 Å². The third kappa shape index (κ3) is 2.24. The van der Waals surface area contributed by atoms with Crippen molar-refractivity contribution in [1.82, 2.24) is 9.97 Å². The molecule has 17 heavy (non-hydrogen) atoms. The summed E-state index contributed by atoms with van der Waals surface area (Å²) in [7, 11) is 0. The first kappa shape index (κ1) is 11.2. The summed E-state index contributed by atoms with van der Waals surface area (Å²) in [6, 6.07) is 0.443. The molecule has 1 aromatic rings. The lowest BCUT2D eigenvalue weighted by atomic mass is 9.90. The van der Waals surface area contributed by atoms with Gasteiger partial charge in [0.1, 0.15) is 0 Å². The van der Waals surface area contributed by atoms with E-state index in [2.05, 4.69) is 14.9 Å². The maximum absolute atomic E-state index is 5.83. The number of anilines is 1. The quantitative estimate of drug-likeness (QED) is 0.770. The van der Waals surface area contributed by atoms with E-state index in [-0.39, 0.29) is 0 Å². The Morgan fingerprint density at radius 2 is 2.00 bits per heavy atom. The molecule has 1 saturated carbocycles. The van der Waals surface area contributed by atoms with Crippen LogP contribution in [0, 0.1) is 0 Å². The molecule has 3 rings (SSSR count). The molecular weight excluding hydrogens is 238 g/mol. The maximum atomic E-state index is 5.83. The van der Waals surface area contributed by atoms with E-state index >= 15 is 0 Å². The molecule has 0 aromatic carbocycles. The minimum atomic E-state index is 0.358. The van der Waals surface area contributed by atoms with Crippen LogP contribution in [0.15, 0.2) is 12.4 Å². The molecule has 0 spiro atoms. The summed E-state index contributed by atoms with van der Waals surface area (Å²) in [5, 5.41) is 0.585. The fourth-order valence-corrected chi connectivity index (χ4v) is 2.90. The first-order chi connectivity index (χ1) is 8.34. The lowest BCUT2D eigenvalue weighted by molar-refractivity contribution is -0.00932. The highest BCUT2D eigenvalue weighted by Crippen LogP contribution is 2.30. The number of aromatic nitrogens is 2. The first-order valence-corrected chi connectivity index (χ1v) is 6.58. The van der Waals surface area contributed by atoms with Gasteiger partial charge in [-0.1, -0.05) is 24.4 Å². The number of halogens is 1. The molecule has 1 aliphatic carbocycles. The minimum Gasteiger partial charge on any atom is -0.374 e. The average molecular weight is 254 g/mol. The summed E-state index contributed by atoms with van der Waals surface area (Å²) < 4.78 is 5.83. The Kier molecular flexibility index (Phi) is 3.16. The molecular formula is C12H16ClN3O. The van der Waals surface area contributed by atoms with E-state index in [1.54, 1.807) is 12.4 Å². The molecule has 1 saturated heterocycles. The molecule has 2 heterocycles. The summed E-state index contributed by atoms with van der Waals surface area (Å²) in [6.45, 7) is 1.65. The molecule has 2 atom stereocenters. The second-order valence-electron chi connectivity index (χ2n) is 4.66. The monoisotopic (exact) mass is 253 g/mol. The van der Waals surface area contributed by atoms with Crippen molar-refractivity contribution in [2.75, 3.05) is 18.1 Å². The van der Waals surface area contributed by atoms with Gasteiger partial charge in [-0.15, -0.1) is 0 Å². The predicted octanol–water partition coefficient (Wildman–Crippen LogP) is 2.28. The summed E-state index contributed by atoms with van der Waals surface area (Å²) in [5.41, 5.74) is 0. The lowest BCUT2D eigenvalue weighted by Crippen LogP contribution is -2.53. The SMILES string of the molecule is Clc1cnc(N2CCO[C@H]3CCCC[C@H]32)nc1. The third-order valence-corrected chi connectivity index (χ3v) is 3.79. The van der Waals surface area contributed by atoms with Crippen LogP contribution >= 0.6 is 11.6 Å². The highest BCUT2D eigenvalue weighted by Gasteiger charge is 2.35. The van der Waals surface area contributed by atoms with E-state index in [1.807, 2.05) is 0 Å². The van der Waals surface area contributed by atoms with Crippen LogP contribution in [-0.2, 0) is 4.74 Å². The van der Waals surface area contributed by atoms with Gasteiger partial charge in [0, 0.05) is 6.54 Å². The normalized spacial score (nSPS) is 28.9. The van der Waals surface area contributed by atoms with Crippen LogP contribution in [-0.4, -0.2) is 35.3 Å². The first-order valence-electron chi connectivity index (χ1n) is 6.20. The molecule has 0 bridgehead atoms. The van der Waals surface area contributed by atoms with Crippen molar-refractivity contribution in [3.63, 3.8) is 0 Å². The molecule has 0 radical (unpaired) electrons. The second kappa shape index (κ2) is 4.78. The van der Waals surface area contributed by atoms with Crippen molar-refractivity contribution < 1.29 is 4.74 Å². The number of hydrogen-bond donors (Lipinski definition) is 0. The van der Waals surface area contributed by atoms with Gasteiger partial charge >= 0.3 is 0 Å². The Morgan fingerprint density at radius 3 is 2.82 bits per heavy atom. The number of nitrogens with zero attached hydrogens (tertiary/aromatic N) is 3.